The standard InChI is InChI=1S/C17H17BrFNO/c1-11-16(12-6-4-3-5-7-12)20(2)17(21-11)14-9-8-13(19)10-15(14)18/h3-11,16-17H,1-2H3/t11-,16+,17?/m0/s1. The maximum absolute atomic E-state index is 13.3. The number of ether oxygens (including phenoxy) is 1. The molecule has 0 radical (unpaired) electrons. The largest absolute Gasteiger partial charge is 0.354 e. The van der Waals surface area contributed by atoms with Gasteiger partial charge in [0.2, 0.25) is 0 Å². The van der Waals surface area contributed by atoms with Crippen molar-refractivity contribution in [1.29, 1.82) is 0 Å². The minimum Gasteiger partial charge on any atom is -0.354 e. The summed E-state index contributed by atoms with van der Waals surface area (Å²) in [6.07, 6.45) is -0.112. The molecule has 1 saturated heterocycles. The predicted molar refractivity (Wildman–Crippen MR) is 84.3 cm³/mol. The molecule has 1 fully saturated rings. The molecule has 21 heavy (non-hydrogen) atoms. The van der Waals surface area contributed by atoms with E-state index >= 15 is 0 Å². The monoisotopic (exact) mass is 349 g/mol. The lowest BCUT2D eigenvalue weighted by Crippen LogP contribution is -2.24. The molecule has 1 aliphatic rings. The van der Waals surface area contributed by atoms with Gasteiger partial charge in [0.1, 0.15) is 12.0 Å². The Labute approximate surface area is 132 Å². The Bertz CT molecular complexity index is 634. The molecule has 0 bridgehead atoms. The van der Waals surface area contributed by atoms with Gasteiger partial charge in [-0.05, 0) is 31.7 Å². The van der Waals surface area contributed by atoms with Gasteiger partial charge in [0.05, 0.1) is 12.1 Å². The van der Waals surface area contributed by atoms with Crippen LogP contribution in [0.4, 0.5) is 4.39 Å². The van der Waals surface area contributed by atoms with E-state index in [0.717, 1.165) is 10.0 Å². The third-order valence-electron chi connectivity index (χ3n) is 3.97. The van der Waals surface area contributed by atoms with Crippen LogP contribution in [0.25, 0.3) is 0 Å². The van der Waals surface area contributed by atoms with Gasteiger partial charge in [-0.15, -0.1) is 0 Å². The van der Waals surface area contributed by atoms with Crippen LogP contribution in [0.2, 0.25) is 0 Å². The SMILES string of the molecule is C[C@@H]1OC(c2ccc(F)cc2Br)N(C)[C@H]1c1ccccc1. The number of likely N-dealkylation sites (N-methyl/N-ethyl adjacent to an activating group) is 1. The molecule has 3 atom stereocenters. The molecule has 110 valence electrons. The molecule has 3 rings (SSSR count). The molecular formula is C17H17BrFNO. The Kier molecular flexibility index (Phi) is 4.11. The van der Waals surface area contributed by atoms with E-state index in [-0.39, 0.29) is 24.2 Å². The minimum atomic E-state index is -0.251. The third kappa shape index (κ3) is 2.76. The summed E-state index contributed by atoms with van der Waals surface area (Å²) in [7, 11) is 2.04. The zero-order chi connectivity index (χ0) is 15.0. The molecule has 0 N–H and O–H groups in total. The highest BCUT2D eigenvalue weighted by Gasteiger charge is 2.39. The quantitative estimate of drug-likeness (QED) is 0.780. The molecule has 1 unspecified atom stereocenters. The first kappa shape index (κ1) is 14.7. The van der Waals surface area contributed by atoms with E-state index < -0.39 is 0 Å². The van der Waals surface area contributed by atoms with Crippen molar-refractivity contribution >= 4 is 15.9 Å². The molecule has 2 aromatic rings. The molecule has 0 aliphatic carbocycles. The molecular weight excluding hydrogens is 333 g/mol. The van der Waals surface area contributed by atoms with Crippen LogP contribution < -0.4 is 0 Å². The molecule has 4 heteroatoms. The van der Waals surface area contributed by atoms with E-state index in [2.05, 4.69) is 39.9 Å². The maximum Gasteiger partial charge on any atom is 0.138 e. The van der Waals surface area contributed by atoms with Gasteiger partial charge in [-0.1, -0.05) is 52.3 Å². The Morgan fingerprint density at radius 1 is 1.14 bits per heavy atom. The van der Waals surface area contributed by atoms with E-state index in [0.29, 0.717) is 0 Å². The second-order valence-electron chi connectivity index (χ2n) is 5.38. The highest BCUT2D eigenvalue weighted by atomic mass is 79.9. The van der Waals surface area contributed by atoms with E-state index in [1.165, 1.54) is 17.7 Å². The summed E-state index contributed by atoms with van der Waals surface area (Å²) >= 11 is 3.43. The number of benzene rings is 2. The first-order chi connectivity index (χ1) is 10.1. The average Bonchev–Trinajstić information content (AvgIpc) is 2.75. The summed E-state index contributed by atoms with van der Waals surface area (Å²) in [6.45, 7) is 2.07. The van der Waals surface area contributed by atoms with Crippen LogP contribution in [0.5, 0.6) is 0 Å². The van der Waals surface area contributed by atoms with Gasteiger partial charge < -0.3 is 4.74 Å². The summed E-state index contributed by atoms with van der Waals surface area (Å²) in [5, 5.41) is 0. The van der Waals surface area contributed by atoms with Gasteiger partial charge in [0, 0.05) is 10.0 Å². The smallest absolute Gasteiger partial charge is 0.138 e. The molecule has 0 spiro atoms. The first-order valence-corrected chi connectivity index (χ1v) is 7.74. The summed E-state index contributed by atoms with van der Waals surface area (Å²) < 4.78 is 20.1. The molecule has 0 saturated carbocycles. The van der Waals surface area contributed by atoms with Crippen molar-refractivity contribution in [2.75, 3.05) is 7.05 Å². The molecule has 0 amide bonds. The average molecular weight is 350 g/mol. The van der Waals surface area contributed by atoms with E-state index in [1.807, 2.05) is 25.2 Å². The normalized spacial score (nSPS) is 26.2. The van der Waals surface area contributed by atoms with Crippen molar-refractivity contribution in [3.8, 4) is 0 Å². The number of rotatable bonds is 2. The van der Waals surface area contributed by atoms with Gasteiger partial charge in [0.15, 0.2) is 0 Å². The van der Waals surface area contributed by atoms with Gasteiger partial charge in [0.25, 0.3) is 0 Å². The highest BCUT2D eigenvalue weighted by Crippen LogP contribution is 2.43. The lowest BCUT2D eigenvalue weighted by molar-refractivity contribution is 0.0126. The zero-order valence-electron chi connectivity index (χ0n) is 12.0. The number of nitrogens with zero attached hydrogens (tertiary/aromatic N) is 1. The molecule has 1 heterocycles. The molecule has 1 aliphatic heterocycles. The van der Waals surface area contributed by atoms with Gasteiger partial charge in [-0.3, -0.25) is 4.90 Å². The lowest BCUT2D eigenvalue weighted by Gasteiger charge is -2.25. The van der Waals surface area contributed by atoms with Crippen molar-refractivity contribution in [2.45, 2.75) is 25.3 Å². The van der Waals surface area contributed by atoms with Gasteiger partial charge >= 0.3 is 0 Å². The predicted octanol–water partition coefficient (Wildman–Crippen LogP) is 4.68. The molecule has 0 aromatic heterocycles. The molecule has 2 aromatic carbocycles. The van der Waals surface area contributed by atoms with E-state index in [1.54, 1.807) is 6.07 Å². The maximum atomic E-state index is 13.3. The van der Waals surface area contributed by atoms with Gasteiger partial charge in [-0.25, -0.2) is 4.39 Å². The summed E-state index contributed by atoms with van der Waals surface area (Å²) in [5.74, 6) is -0.251. The topological polar surface area (TPSA) is 12.5 Å². The first-order valence-electron chi connectivity index (χ1n) is 6.95. The highest BCUT2D eigenvalue weighted by molar-refractivity contribution is 9.10. The Morgan fingerprint density at radius 3 is 2.52 bits per heavy atom. The lowest BCUT2D eigenvalue weighted by atomic mass is 10.0. The zero-order valence-corrected chi connectivity index (χ0v) is 13.5. The second-order valence-corrected chi connectivity index (χ2v) is 6.23. The van der Waals surface area contributed by atoms with Crippen molar-refractivity contribution in [1.82, 2.24) is 4.90 Å². The molecule has 2 nitrogen and oxygen atoms in total. The van der Waals surface area contributed by atoms with Crippen molar-refractivity contribution in [3.63, 3.8) is 0 Å². The van der Waals surface area contributed by atoms with E-state index in [4.69, 9.17) is 4.74 Å². The Morgan fingerprint density at radius 2 is 1.86 bits per heavy atom. The fraction of sp³-hybridized carbons (Fsp3) is 0.294. The van der Waals surface area contributed by atoms with Crippen LogP contribution in [0.1, 0.15) is 30.3 Å². The fourth-order valence-corrected chi connectivity index (χ4v) is 3.55. The summed E-state index contributed by atoms with van der Waals surface area (Å²) in [4.78, 5) is 2.19. The second kappa shape index (κ2) is 5.87. The summed E-state index contributed by atoms with van der Waals surface area (Å²) in [6, 6.07) is 15.2. The summed E-state index contributed by atoms with van der Waals surface area (Å²) in [5.41, 5.74) is 2.18. The van der Waals surface area contributed by atoms with Gasteiger partial charge in [-0.2, -0.15) is 0 Å². The van der Waals surface area contributed by atoms with Crippen molar-refractivity contribution in [2.24, 2.45) is 0 Å². The number of hydrogen-bond acceptors (Lipinski definition) is 2. The van der Waals surface area contributed by atoms with Crippen LogP contribution in [-0.4, -0.2) is 18.1 Å². The number of halogens is 2. The third-order valence-corrected chi connectivity index (χ3v) is 4.65. The Balaban J connectivity index is 1.93. The number of hydrogen-bond donors (Lipinski definition) is 0. The van der Waals surface area contributed by atoms with Crippen LogP contribution in [0.3, 0.4) is 0 Å². The van der Waals surface area contributed by atoms with Crippen LogP contribution in [-0.2, 0) is 4.74 Å². The van der Waals surface area contributed by atoms with Crippen LogP contribution in [0, 0.1) is 5.82 Å². The van der Waals surface area contributed by atoms with Crippen LogP contribution >= 0.6 is 15.9 Å². The minimum absolute atomic E-state index is 0.0688. The van der Waals surface area contributed by atoms with Crippen LogP contribution in [0.15, 0.2) is 53.0 Å². The fourth-order valence-electron chi connectivity index (χ4n) is 3.00. The van der Waals surface area contributed by atoms with Crippen molar-refractivity contribution in [3.05, 3.63) is 69.9 Å². The van der Waals surface area contributed by atoms with Crippen molar-refractivity contribution < 1.29 is 9.13 Å². The Hall–Kier alpha value is -1.23. The van der Waals surface area contributed by atoms with E-state index in [9.17, 15) is 4.39 Å².